The number of carboxylic acid groups (broad SMARTS) is 1. The van der Waals surface area contributed by atoms with Gasteiger partial charge in [0.1, 0.15) is 0 Å². The van der Waals surface area contributed by atoms with E-state index in [0.717, 1.165) is 31.5 Å². The summed E-state index contributed by atoms with van der Waals surface area (Å²) in [5.41, 5.74) is 1.76. The van der Waals surface area contributed by atoms with Gasteiger partial charge in [-0.3, -0.25) is 14.5 Å². The SMILES string of the molecule is O=C(O)CN(CC1CC1)C1CC(NC(=O)c2ccc(Cn3ccnc3)cc2)C1. The summed E-state index contributed by atoms with van der Waals surface area (Å²) in [6, 6.07) is 8.01. The zero-order chi connectivity index (χ0) is 19.5. The third kappa shape index (κ3) is 4.78. The van der Waals surface area contributed by atoms with Crippen molar-refractivity contribution < 1.29 is 14.7 Å². The molecule has 2 saturated carbocycles. The smallest absolute Gasteiger partial charge is 0.317 e. The van der Waals surface area contributed by atoms with Gasteiger partial charge in [-0.2, -0.15) is 0 Å². The number of amides is 1. The maximum atomic E-state index is 12.5. The van der Waals surface area contributed by atoms with Gasteiger partial charge < -0.3 is 15.0 Å². The standard InChI is InChI=1S/C21H26N4O3/c26-20(27)13-25(12-16-1-2-16)19-9-18(10-19)23-21(28)17-5-3-15(4-6-17)11-24-8-7-22-14-24/h3-8,14,16,18-19H,1-2,9-13H2,(H,23,28)(H,26,27). The fourth-order valence-corrected chi connectivity index (χ4v) is 3.77. The Morgan fingerprint density at radius 2 is 1.96 bits per heavy atom. The molecule has 148 valence electrons. The number of carbonyl (C=O) groups is 2. The van der Waals surface area contributed by atoms with Gasteiger partial charge in [-0.15, -0.1) is 0 Å². The third-order valence-electron chi connectivity index (χ3n) is 5.63. The average molecular weight is 382 g/mol. The van der Waals surface area contributed by atoms with E-state index in [-0.39, 0.29) is 24.5 Å². The second-order valence-electron chi connectivity index (χ2n) is 7.99. The molecule has 1 aromatic carbocycles. The molecule has 1 amide bonds. The summed E-state index contributed by atoms with van der Waals surface area (Å²) in [6.45, 7) is 1.70. The van der Waals surface area contributed by atoms with Gasteiger partial charge in [0, 0.05) is 43.1 Å². The van der Waals surface area contributed by atoms with E-state index in [1.807, 2.05) is 35.0 Å². The van der Waals surface area contributed by atoms with E-state index in [0.29, 0.717) is 11.5 Å². The van der Waals surface area contributed by atoms with E-state index < -0.39 is 5.97 Å². The maximum absolute atomic E-state index is 12.5. The number of hydrogen-bond donors (Lipinski definition) is 2. The number of aliphatic carboxylic acids is 1. The lowest BCUT2D eigenvalue weighted by Gasteiger charge is -2.42. The quantitative estimate of drug-likeness (QED) is 0.693. The maximum Gasteiger partial charge on any atom is 0.317 e. The van der Waals surface area contributed by atoms with Crippen LogP contribution >= 0.6 is 0 Å². The molecule has 0 spiro atoms. The van der Waals surface area contributed by atoms with Crippen LogP contribution in [0.1, 0.15) is 41.6 Å². The van der Waals surface area contributed by atoms with Crippen molar-refractivity contribution in [2.24, 2.45) is 5.92 Å². The molecule has 0 radical (unpaired) electrons. The summed E-state index contributed by atoms with van der Waals surface area (Å²) in [7, 11) is 0. The van der Waals surface area contributed by atoms with Crippen molar-refractivity contribution in [3.63, 3.8) is 0 Å². The van der Waals surface area contributed by atoms with Gasteiger partial charge >= 0.3 is 5.97 Å². The van der Waals surface area contributed by atoms with E-state index >= 15 is 0 Å². The van der Waals surface area contributed by atoms with Gasteiger partial charge in [0.05, 0.1) is 12.9 Å². The minimum atomic E-state index is -0.774. The third-order valence-corrected chi connectivity index (χ3v) is 5.63. The number of rotatable bonds is 9. The van der Waals surface area contributed by atoms with Gasteiger partial charge in [0.25, 0.3) is 5.91 Å². The molecule has 7 heteroatoms. The summed E-state index contributed by atoms with van der Waals surface area (Å²) in [6.07, 6.45) is 9.49. The van der Waals surface area contributed by atoms with Crippen molar-refractivity contribution in [2.75, 3.05) is 13.1 Å². The van der Waals surface area contributed by atoms with Gasteiger partial charge in [0.15, 0.2) is 0 Å². The van der Waals surface area contributed by atoms with Gasteiger partial charge in [-0.25, -0.2) is 4.98 Å². The second-order valence-corrected chi connectivity index (χ2v) is 7.99. The molecule has 0 atom stereocenters. The number of aromatic nitrogens is 2. The van der Waals surface area contributed by atoms with Crippen molar-refractivity contribution in [3.05, 3.63) is 54.1 Å². The molecular weight excluding hydrogens is 356 g/mol. The van der Waals surface area contributed by atoms with Gasteiger partial charge in [-0.1, -0.05) is 12.1 Å². The number of carboxylic acids is 1. The molecule has 2 aliphatic rings. The van der Waals surface area contributed by atoms with E-state index in [2.05, 4.69) is 15.2 Å². The van der Waals surface area contributed by atoms with E-state index in [9.17, 15) is 9.59 Å². The Morgan fingerprint density at radius 1 is 1.21 bits per heavy atom. The van der Waals surface area contributed by atoms with Crippen LogP contribution in [0.25, 0.3) is 0 Å². The minimum Gasteiger partial charge on any atom is -0.480 e. The highest BCUT2D eigenvalue weighted by atomic mass is 16.4. The summed E-state index contributed by atoms with van der Waals surface area (Å²) in [5.74, 6) is -0.178. The van der Waals surface area contributed by atoms with Gasteiger partial charge in [0.2, 0.25) is 0 Å². The van der Waals surface area contributed by atoms with Crippen molar-refractivity contribution in [1.29, 1.82) is 0 Å². The zero-order valence-corrected chi connectivity index (χ0v) is 15.8. The largest absolute Gasteiger partial charge is 0.480 e. The van der Waals surface area contributed by atoms with Crippen LogP contribution in [0.3, 0.4) is 0 Å². The van der Waals surface area contributed by atoms with Crippen LogP contribution in [0.15, 0.2) is 43.0 Å². The molecule has 0 aliphatic heterocycles. The first-order chi connectivity index (χ1) is 13.6. The Hall–Kier alpha value is -2.67. The van der Waals surface area contributed by atoms with Crippen LogP contribution in [-0.2, 0) is 11.3 Å². The zero-order valence-electron chi connectivity index (χ0n) is 15.8. The van der Waals surface area contributed by atoms with Crippen molar-refractivity contribution in [1.82, 2.24) is 19.8 Å². The molecule has 7 nitrogen and oxygen atoms in total. The van der Waals surface area contributed by atoms with E-state index in [1.165, 1.54) is 12.8 Å². The minimum absolute atomic E-state index is 0.0652. The van der Waals surface area contributed by atoms with Crippen LogP contribution in [-0.4, -0.2) is 56.6 Å². The van der Waals surface area contributed by atoms with Crippen molar-refractivity contribution in [2.45, 2.75) is 44.3 Å². The summed E-state index contributed by atoms with van der Waals surface area (Å²) >= 11 is 0. The summed E-state index contributed by atoms with van der Waals surface area (Å²) < 4.78 is 1.98. The Morgan fingerprint density at radius 3 is 2.57 bits per heavy atom. The molecule has 0 unspecified atom stereocenters. The van der Waals surface area contributed by atoms with Crippen LogP contribution in [0.5, 0.6) is 0 Å². The number of nitrogens with one attached hydrogen (secondary N) is 1. The first-order valence-electron chi connectivity index (χ1n) is 9.88. The highest BCUT2D eigenvalue weighted by Crippen LogP contribution is 2.33. The number of carbonyl (C=O) groups excluding carboxylic acids is 1. The highest BCUT2D eigenvalue weighted by molar-refractivity contribution is 5.94. The predicted octanol–water partition coefficient (Wildman–Crippen LogP) is 1.99. The Kier molecular flexibility index (Phi) is 5.43. The number of hydrogen-bond acceptors (Lipinski definition) is 4. The summed E-state index contributed by atoms with van der Waals surface area (Å²) in [4.78, 5) is 29.7. The molecule has 0 saturated heterocycles. The molecule has 2 aromatic rings. The first-order valence-corrected chi connectivity index (χ1v) is 9.88. The van der Waals surface area contributed by atoms with E-state index in [4.69, 9.17) is 5.11 Å². The molecule has 2 fully saturated rings. The molecule has 0 bridgehead atoms. The predicted molar refractivity (Wildman–Crippen MR) is 104 cm³/mol. The first kappa shape index (κ1) is 18.7. The molecule has 28 heavy (non-hydrogen) atoms. The number of nitrogens with zero attached hydrogens (tertiary/aromatic N) is 3. The lowest BCUT2D eigenvalue weighted by atomic mass is 9.85. The van der Waals surface area contributed by atoms with Crippen LogP contribution in [0.2, 0.25) is 0 Å². The molecule has 4 rings (SSSR count). The molecule has 1 heterocycles. The van der Waals surface area contributed by atoms with Crippen LogP contribution in [0, 0.1) is 5.92 Å². The summed E-state index contributed by atoms with van der Waals surface area (Å²) in [5, 5.41) is 12.2. The second kappa shape index (κ2) is 8.14. The lowest BCUT2D eigenvalue weighted by Crippen LogP contribution is -2.55. The highest BCUT2D eigenvalue weighted by Gasteiger charge is 2.37. The fraction of sp³-hybridized carbons (Fsp3) is 0.476. The molecular formula is C21H26N4O3. The lowest BCUT2D eigenvalue weighted by molar-refractivity contribution is -0.139. The topological polar surface area (TPSA) is 87.5 Å². The van der Waals surface area contributed by atoms with Crippen LogP contribution < -0.4 is 5.32 Å². The molecule has 1 aromatic heterocycles. The van der Waals surface area contributed by atoms with Crippen molar-refractivity contribution >= 4 is 11.9 Å². The molecule has 2 N–H and O–H groups in total. The fourth-order valence-electron chi connectivity index (χ4n) is 3.77. The van der Waals surface area contributed by atoms with Gasteiger partial charge in [-0.05, 0) is 49.3 Å². The average Bonchev–Trinajstić information content (AvgIpc) is 3.30. The van der Waals surface area contributed by atoms with E-state index in [1.54, 1.807) is 12.5 Å². The Balaban J connectivity index is 1.25. The Labute approximate surface area is 164 Å². The molecule has 2 aliphatic carbocycles. The van der Waals surface area contributed by atoms with Crippen molar-refractivity contribution in [3.8, 4) is 0 Å². The number of benzene rings is 1. The van der Waals surface area contributed by atoms with Crippen LogP contribution in [0.4, 0.5) is 0 Å². The Bertz CT molecular complexity index is 809. The number of imidazole rings is 1. The monoisotopic (exact) mass is 382 g/mol. The normalized spacial score (nSPS) is 21.3.